The standard InChI is InChI=1S/C12H11ClN2/c1-8-4-2-3-5-9(8)10-6-15-7-11(13)12(10)14/h2-7H,1H3,(H2,14,15). The third-order valence-corrected chi connectivity index (χ3v) is 2.68. The minimum Gasteiger partial charge on any atom is -0.397 e. The molecule has 0 saturated carbocycles. The van der Waals surface area contributed by atoms with Crippen molar-refractivity contribution in [3.63, 3.8) is 0 Å². The summed E-state index contributed by atoms with van der Waals surface area (Å²) in [7, 11) is 0. The van der Waals surface area contributed by atoms with Crippen LogP contribution in [0.5, 0.6) is 0 Å². The second-order valence-corrected chi connectivity index (χ2v) is 3.80. The fourth-order valence-electron chi connectivity index (χ4n) is 1.53. The van der Waals surface area contributed by atoms with Gasteiger partial charge in [0.15, 0.2) is 0 Å². The highest BCUT2D eigenvalue weighted by atomic mass is 35.5. The second-order valence-electron chi connectivity index (χ2n) is 3.40. The molecule has 1 aromatic heterocycles. The van der Waals surface area contributed by atoms with Crippen LogP contribution in [0.1, 0.15) is 5.56 Å². The maximum Gasteiger partial charge on any atom is 0.0824 e. The van der Waals surface area contributed by atoms with Crippen LogP contribution in [0, 0.1) is 6.92 Å². The van der Waals surface area contributed by atoms with Gasteiger partial charge in [-0.3, -0.25) is 4.98 Å². The third-order valence-electron chi connectivity index (χ3n) is 2.37. The summed E-state index contributed by atoms with van der Waals surface area (Å²) in [5.74, 6) is 0. The first-order chi connectivity index (χ1) is 7.20. The molecule has 3 heteroatoms. The Morgan fingerprint density at radius 2 is 1.87 bits per heavy atom. The van der Waals surface area contributed by atoms with Crippen molar-refractivity contribution in [1.82, 2.24) is 4.98 Å². The van der Waals surface area contributed by atoms with Crippen molar-refractivity contribution < 1.29 is 0 Å². The molecular formula is C12H11ClN2. The van der Waals surface area contributed by atoms with Gasteiger partial charge >= 0.3 is 0 Å². The van der Waals surface area contributed by atoms with Gasteiger partial charge < -0.3 is 5.73 Å². The summed E-state index contributed by atoms with van der Waals surface area (Å²) in [5.41, 5.74) is 9.62. The summed E-state index contributed by atoms with van der Waals surface area (Å²) < 4.78 is 0. The number of nitrogens with zero attached hydrogens (tertiary/aromatic N) is 1. The van der Waals surface area contributed by atoms with Crippen molar-refractivity contribution in [1.29, 1.82) is 0 Å². The first-order valence-corrected chi connectivity index (χ1v) is 5.03. The first kappa shape index (κ1) is 9.99. The molecule has 0 bridgehead atoms. The quantitative estimate of drug-likeness (QED) is 0.798. The predicted octanol–water partition coefficient (Wildman–Crippen LogP) is 3.29. The molecule has 15 heavy (non-hydrogen) atoms. The lowest BCUT2D eigenvalue weighted by Gasteiger charge is -2.08. The highest BCUT2D eigenvalue weighted by Crippen LogP contribution is 2.31. The molecule has 0 unspecified atom stereocenters. The fourth-order valence-corrected chi connectivity index (χ4v) is 1.69. The molecule has 2 rings (SSSR count). The molecule has 1 aromatic carbocycles. The molecule has 2 nitrogen and oxygen atoms in total. The Morgan fingerprint density at radius 3 is 2.60 bits per heavy atom. The molecule has 2 aromatic rings. The number of rotatable bonds is 1. The molecule has 0 saturated heterocycles. The Kier molecular flexibility index (Phi) is 2.60. The van der Waals surface area contributed by atoms with E-state index in [9.17, 15) is 0 Å². The number of hydrogen-bond donors (Lipinski definition) is 1. The van der Waals surface area contributed by atoms with Gasteiger partial charge in [-0.1, -0.05) is 35.9 Å². The molecule has 0 amide bonds. The van der Waals surface area contributed by atoms with Crippen molar-refractivity contribution in [2.75, 3.05) is 5.73 Å². The zero-order valence-electron chi connectivity index (χ0n) is 8.37. The summed E-state index contributed by atoms with van der Waals surface area (Å²) in [6, 6.07) is 8.02. The zero-order chi connectivity index (χ0) is 10.8. The monoisotopic (exact) mass is 218 g/mol. The molecule has 0 aliphatic rings. The van der Waals surface area contributed by atoms with Crippen molar-refractivity contribution >= 4 is 17.3 Å². The van der Waals surface area contributed by atoms with E-state index in [4.69, 9.17) is 17.3 Å². The number of hydrogen-bond acceptors (Lipinski definition) is 2. The number of benzene rings is 1. The van der Waals surface area contributed by atoms with Gasteiger partial charge in [-0.25, -0.2) is 0 Å². The van der Waals surface area contributed by atoms with E-state index < -0.39 is 0 Å². The van der Waals surface area contributed by atoms with Crippen molar-refractivity contribution in [2.45, 2.75) is 6.92 Å². The van der Waals surface area contributed by atoms with Crippen LogP contribution in [0.25, 0.3) is 11.1 Å². The molecule has 0 spiro atoms. The van der Waals surface area contributed by atoms with E-state index in [1.165, 1.54) is 0 Å². The van der Waals surface area contributed by atoms with Crippen LogP contribution >= 0.6 is 11.6 Å². The van der Waals surface area contributed by atoms with Gasteiger partial charge in [-0.05, 0) is 18.1 Å². The average molecular weight is 219 g/mol. The van der Waals surface area contributed by atoms with E-state index in [2.05, 4.69) is 4.98 Å². The molecule has 0 atom stereocenters. The topological polar surface area (TPSA) is 38.9 Å². The van der Waals surface area contributed by atoms with Crippen LogP contribution in [-0.2, 0) is 0 Å². The molecule has 0 aliphatic heterocycles. The van der Waals surface area contributed by atoms with Gasteiger partial charge in [-0.2, -0.15) is 0 Å². The lowest BCUT2D eigenvalue weighted by Crippen LogP contribution is -1.93. The number of aryl methyl sites for hydroxylation is 1. The summed E-state index contributed by atoms with van der Waals surface area (Å²) >= 11 is 5.93. The Morgan fingerprint density at radius 1 is 1.13 bits per heavy atom. The largest absolute Gasteiger partial charge is 0.397 e. The Labute approximate surface area is 93.7 Å². The van der Waals surface area contributed by atoms with Gasteiger partial charge in [0.1, 0.15) is 0 Å². The van der Waals surface area contributed by atoms with Gasteiger partial charge in [-0.15, -0.1) is 0 Å². The molecule has 0 fully saturated rings. The van der Waals surface area contributed by atoms with Crippen molar-refractivity contribution in [3.8, 4) is 11.1 Å². The summed E-state index contributed by atoms with van der Waals surface area (Å²) in [5, 5.41) is 0.496. The Bertz CT molecular complexity index is 495. The van der Waals surface area contributed by atoms with Crippen LogP contribution in [-0.4, -0.2) is 4.98 Å². The van der Waals surface area contributed by atoms with E-state index in [0.29, 0.717) is 10.7 Å². The maximum atomic E-state index is 5.93. The van der Waals surface area contributed by atoms with E-state index in [1.54, 1.807) is 12.4 Å². The van der Waals surface area contributed by atoms with E-state index in [0.717, 1.165) is 16.7 Å². The average Bonchev–Trinajstić information content (AvgIpc) is 2.23. The number of nitrogens with two attached hydrogens (primary N) is 1. The minimum absolute atomic E-state index is 0.496. The molecule has 0 radical (unpaired) electrons. The molecule has 0 aliphatic carbocycles. The van der Waals surface area contributed by atoms with Gasteiger partial charge in [0.2, 0.25) is 0 Å². The number of anilines is 1. The number of aromatic nitrogens is 1. The Hall–Kier alpha value is -1.54. The van der Waals surface area contributed by atoms with E-state index in [-0.39, 0.29) is 0 Å². The second kappa shape index (κ2) is 3.91. The van der Waals surface area contributed by atoms with Gasteiger partial charge in [0.05, 0.1) is 10.7 Å². The predicted molar refractivity (Wildman–Crippen MR) is 63.8 cm³/mol. The zero-order valence-corrected chi connectivity index (χ0v) is 9.12. The van der Waals surface area contributed by atoms with E-state index in [1.807, 2.05) is 31.2 Å². The summed E-state index contributed by atoms with van der Waals surface area (Å²) in [6.07, 6.45) is 3.29. The number of nitrogen functional groups attached to an aromatic ring is 1. The van der Waals surface area contributed by atoms with Gasteiger partial charge in [0.25, 0.3) is 0 Å². The number of pyridine rings is 1. The fraction of sp³-hybridized carbons (Fsp3) is 0.0833. The lowest BCUT2D eigenvalue weighted by molar-refractivity contribution is 1.32. The summed E-state index contributed by atoms with van der Waals surface area (Å²) in [6.45, 7) is 2.04. The van der Waals surface area contributed by atoms with Crippen LogP contribution in [0.15, 0.2) is 36.7 Å². The van der Waals surface area contributed by atoms with Crippen molar-refractivity contribution in [2.24, 2.45) is 0 Å². The minimum atomic E-state index is 0.496. The van der Waals surface area contributed by atoms with Gasteiger partial charge in [0, 0.05) is 18.0 Å². The normalized spacial score (nSPS) is 10.3. The van der Waals surface area contributed by atoms with E-state index >= 15 is 0 Å². The highest BCUT2D eigenvalue weighted by Gasteiger charge is 2.07. The van der Waals surface area contributed by atoms with Crippen molar-refractivity contribution in [3.05, 3.63) is 47.2 Å². The highest BCUT2D eigenvalue weighted by molar-refractivity contribution is 6.33. The Balaban J connectivity index is 2.65. The van der Waals surface area contributed by atoms with Crippen LogP contribution in [0.4, 0.5) is 5.69 Å². The molecule has 1 heterocycles. The van der Waals surface area contributed by atoms with Crippen LogP contribution < -0.4 is 5.73 Å². The smallest absolute Gasteiger partial charge is 0.0824 e. The van der Waals surface area contributed by atoms with Crippen LogP contribution in [0.2, 0.25) is 5.02 Å². The van der Waals surface area contributed by atoms with Crippen LogP contribution in [0.3, 0.4) is 0 Å². The number of halogens is 1. The lowest BCUT2D eigenvalue weighted by atomic mass is 10.0. The summed E-state index contributed by atoms with van der Waals surface area (Å²) in [4.78, 5) is 4.05. The molecule has 76 valence electrons. The molecule has 2 N–H and O–H groups in total. The maximum absolute atomic E-state index is 5.93. The SMILES string of the molecule is Cc1ccccc1-c1cncc(Cl)c1N. The molecular weight excluding hydrogens is 208 g/mol. The first-order valence-electron chi connectivity index (χ1n) is 4.65. The third kappa shape index (κ3) is 1.81.